The van der Waals surface area contributed by atoms with E-state index in [-0.39, 0.29) is 55.2 Å². The van der Waals surface area contributed by atoms with E-state index in [2.05, 4.69) is 9.89 Å². The first-order valence-corrected chi connectivity index (χ1v) is 16.4. The van der Waals surface area contributed by atoms with Crippen LogP contribution in [0.4, 0.5) is 18.9 Å². The summed E-state index contributed by atoms with van der Waals surface area (Å²) in [6.45, 7) is 3.13. The molecule has 0 unspecified atom stereocenters. The number of esters is 1. The largest absolute Gasteiger partial charge is 0.490 e. The summed E-state index contributed by atoms with van der Waals surface area (Å²) in [6, 6.07) is 9.69. The van der Waals surface area contributed by atoms with Gasteiger partial charge in [0.25, 0.3) is 0 Å². The van der Waals surface area contributed by atoms with Gasteiger partial charge in [-0.15, -0.1) is 24.8 Å². The molecule has 2 heterocycles. The lowest BCUT2D eigenvalue weighted by Gasteiger charge is -2.35. The normalized spacial score (nSPS) is 15.7. The van der Waals surface area contributed by atoms with Crippen LogP contribution in [0, 0.1) is 5.41 Å². The summed E-state index contributed by atoms with van der Waals surface area (Å²) in [5.74, 6) is -1.58. The van der Waals surface area contributed by atoms with Gasteiger partial charge in [-0.25, -0.2) is 8.42 Å². The zero-order valence-corrected chi connectivity index (χ0v) is 28.3. The fraction of sp³-hybridized carbons (Fsp3) is 0.452. The number of nitrogens with zero attached hydrogens (tertiary/aromatic N) is 3. The number of nitrogens with two attached hydrogens (primary N) is 1. The number of rotatable bonds is 11. The number of aliphatic imine (C=N–C) groups is 1. The number of nitrogens with one attached hydrogen (secondary N) is 1. The van der Waals surface area contributed by atoms with Crippen LogP contribution in [0.15, 0.2) is 53.5 Å². The van der Waals surface area contributed by atoms with E-state index in [4.69, 9.17) is 20.6 Å². The molecule has 3 N–H and O–H groups in total. The molecule has 1 fully saturated rings. The molecule has 0 bridgehead atoms. The second-order valence-electron chi connectivity index (χ2n) is 10.8. The highest BCUT2D eigenvalue weighted by atomic mass is 35.5. The van der Waals surface area contributed by atoms with Crippen LogP contribution in [0.25, 0.3) is 6.08 Å². The van der Waals surface area contributed by atoms with Crippen LogP contribution < -0.4 is 14.8 Å². The number of halogens is 5. The number of hydrogen-bond acceptors (Lipinski definition) is 8. The number of hydrogen-bond donors (Lipinski definition) is 2. The summed E-state index contributed by atoms with van der Waals surface area (Å²) in [5, 5.41) is 7.60. The van der Waals surface area contributed by atoms with Crippen LogP contribution in [-0.4, -0.2) is 75.6 Å². The molecule has 47 heavy (non-hydrogen) atoms. The molecular weight excluding hydrogens is 682 g/mol. The number of likely N-dealkylation sites (tertiary alicyclic amines) is 1. The molecular formula is C31H40Cl2F3N5O5S. The van der Waals surface area contributed by atoms with E-state index in [0.29, 0.717) is 37.1 Å². The maximum Gasteiger partial charge on any atom is 0.420 e. The van der Waals surface area contributed by atoms with Gasteiger partial charge in [-0.2, -0.15) is 13.2 Å². The van der Waals surface area contributed by atoms with Gasteiger partial charge in [0.15, 0.2) is 5.75 Å². The summed E-state index contributed by atoms with van der Waals surface area (Å²) >= 11 is 0. The van der Waals surface area contributed by atoms with Crippen molar-refractivity contribution in [2.45, 2.75) is 51.3 Å². The van der Waals surface area contributed by atoms with Crippen molar-refractivity contribution in [2.24, 2.45) is 10.7 Å². The van der Waals surface area contributed by atoms with Crippen molar-refractivity contribution in [1.82, 2.24) is 4.90 Å². The third-order valence-corrected chi connectivity index (χ3v) is 9.11. The number of sulfonamides is 1. The highest BCUT2D eigenvalue weighted by molar-refractivity contribution is 7.93. The Morgan fingerprint density at radius 2 is 1.87 bits per heavy atom. The number of benzene rings is 2. The van der Waals surface area contributed by atoms with E-state index < -0.39 is 39.6 Å². The monoisotopic (exact) mass is 721 g/mol. The van der Waals surface area contributed by atoms with E-state index in [1.54, 1.807) is 30.3 Å². The van der Waals surface area contributed by atoms with Crippen molar-refractivity contribution in [1.29, 1.82) is 5.41 Å². The maximum absolute atomic E-state index is 14.3. The predicted molar refractivity (Wildman–Crippen MR) is 182 cm³/mol. The average Bonchev–Trinajstić information content (AvgIpc) is 3.00. The van der Waals surface area contributed by atoms with E-state index >= 15 is 0 Å². The van der Waals surface area contributed by atoms with Crippen molar-refractivity contribution >= 4 is 64.2 Å². The number of carbonyl (C=O) groups excluding carboxylic acids is 1. The molecule has 4 rings (SSSR count). The fourth-order valence-corrected chi connectivity index (χ4v) is 6.54. The average molecular weight is 723 g/mol. The lowest BCUT2D eigenvalue weighted by molar-refractivity contribution is -0.140. The molecule has 0 aliphatic carbocycles. The molecule has 2 aromatic rings. The number of piperidine rings is 1. The van der Waals surface area contributed by atoms with Gasteiger partial charge in [0.1, 0.15) is 17.7 Å². The van der Waals surface area contributed by atoms with Crippen LogP contribution in [0.1, 0.15) is 55.7 Å². The van der Waals surface area contributed by atoms with Gasteiger partial charge in [-0.05, 0) is 49.6 Å². The molecule has 0 aromatic heterocycles. The van der Waals surface area contributed by atoms with E-state index in [1.165, 1.54) is 19.1 Å². The van der Waals surface area contributed by atoms with E-state index in [0.717, 1.165) is 48.1 Å². The minimum Gasteiger partial charge on any atom is -0.490 e. The summed E-state index contributed by atoms with van der Waals surface area (Å²) in [5.41, 5.74) is 5.17. The first kappa shape index (κ1) is 39.7. The van der Waals surface area contributed by atoms with Crippen LogP contribution in [0.2, 0.25) is 0 Å². The van der Waals surface area contributed by atoms with Gasteiger partial charge in [-0.3, -0.25) is 19.5 Å². The summed E-state index contributed by atoms with van der Waals surface area (Å²) < 4.78 is 81.1. The number of alkyl halides is 3. The Kier molecular flexibility index (Phi) is 14.9. The third kappa shape index (κ3) is 11.0. The molecule has 0 radical (unpaired) electrons. The standard InChI is InChI=1S/C31H38F3N5O5S.2ClH/c1-2-43-29(40)21-45(41,42)39(16-6-8-22-7-5-9-23(19-22)30(35)36)24-11-12-27(26(20-24)31(32,33)34)44-25-13-17-38(18-14-25)28-10-3-4-15-37-28;;/h5-9,11-12,19-20,25H,2-4,10,13-18,21H2,1H3,(H3,35,36);2*1H/b8-6+;;. The number of amidine groups is 2. The molecule has 0 saturated carbocycles. The SMILES string of the molecule is CCOC(=O)CS(=O)(=O)N(C/C=C/c1cccc(C(=N)N)c1)c1ccc(OC2CCN(C3=NCCCC3)CC2)c(C(F)(F)F)c1.Cl.Cl. The Balaban J connectivity index is 0.00000384. The van der Waals surface area contributed by atoms with Crippen LogP contribution in [0.3, 0.4) is 0 Å². The predicted octanol–water partition coefficient (Wildman–Crippen LogP) is 5.67. The van der Waals surface area contributed by atoms with Crippen LogP contribution in [-0.2, 0) is 25.7 Å². The van der Waals surface area contributed by atoms with Crippen molar-refractivity contribution < 1.29 is 35.9 Å². The molecule has 0 spiro atoms. The maximum atomic E-state index is 14.3. The number of nitrogen functional groups attached to an aromatic ring is 1. The van der Waals surface area contributed by atoms with Crippen molar-refractivity contribution in [3.63, 3.8) is 0 Å². The smallest absolute Gasteiger partial charge is 0.420 e. The van der Waals surface area contributed by atoms with Crippen molar-refractivity contribution in [2.75, 3.05) is 42.8 Å². The molecule has 2 aliphatic rings. The Hall–Kier alpha value is -3.49. The van der Waals surface area contributed by atoms with Gasteiger partial charge in [-0.1, -0.05) is 30.4 Å². The zero-order chi connectivity index (χ0) is 32.6. The van der Waals surface area contributed by atoms with E-state index in [1.807, 2.05) is 0 Å². The minimum absolute atomic E-state index is 0. The number of ether oxygens (including phenoxy) is 2. The zero-order valence-electron chi connectivity index (χ0n) is 25.9. The highest BCUT2D eigenvalue weighted by Crippen LogP contribution is 2.40. The lowest BCUT2D eigenvalue weighted by Crippen LogP contribution is -2.42. The molecule has 0 atom stereocenters. The first-order valence-electron chi connectivity index (χ1n) is 14.8. The Morgan fingerprint density at radius 3 is 2.49 bits per heavy atom. The van der Waals surface area contributed by atoms with Crippen LogP contribution >= 0.6 is 24.8 Å². The van der Waals surface area contributed by atoms with Crippen molar-refractivity contribution in [3.05, 3.63) is 65.2 Å². The molecule has 10 nitrogen and oxygen atoms in total. The van der Waals surface area contributed by atoms with Gasteiger partial charge >= 0.3 is 12.1 Å². The lowest BCUT2D eigenvalue weighted by atomic mass is 10.0. The molecule has 16 heteroatoms. The first-order chi connectivity index (χ1) is 21.4. The van der Waals surface area contributed by atoms with E-state index in [9.17, 15) is 26.4 Å². The molecule has 2 aliphatic heterocycles. The molecule has 1 saturated heterocycles. The van der Waals surface area contributed by atoms with Gasteiger partial charge in [0, 0.05) is 44.5 Å². The van der Waals surface area contributed by atoms with Gasteiger partial charge in [0.05, 0.1) is 30.2 Å². The Labute approximate surface area is 285 Å². The number of carbonyl (C=O) groups is 1. The second-order valence-corrected chi connectivity index (χ2v) is 12.7. The quantitative estimate of drug-likeness (QED) is 0.173. The Morgan fingerprint density at radius 1 is 1.15 bits per heavy atom. The second kappa shape index (κ2) is 17.6. The van der Waals surface area contributed by atoms with Crippen LogP contribution in [0.5, 0.6) is 5.75 Å². The Bertz CT molecular complexity index is 1550. The molecule has 2 aromatic carbocycles. The minimum atomic E-state index is -4.84. The summed E-state index contributed by atoms with van der Waals surface area (Å²) in [4.78, 5) is 18.9. The molecule has 0 amide bonds. The number of anilines is 1. The van der Waals surface area contributed by atoms with Gasteiger partial charge < -0.3 is 20.1 Å². The summed E-state index contributed by atoms with van der Waals surface area (Å²) in [7, 11) is -4.46. The third-order valence-electron chi connectivity index (χ3n) is 7.48. The summed E-state index contributed by atoms with van der Waals surface area (Å²) in [6.07, 6.45) is 1.77. The molecule has 260 valence electrons. The fourth-order valence-electron chi connectivity index (χ4n) is 5.25. The van der Waals surface area contributed by atoms with Crippen molar-refractivity contribution in [3.8, 4) is 5.75 Å². The van der Waals surface area contributed by atoms with Gasteiger partial charge in [0.2, 0.25) is 10.0 Å². The highest BCUT2D eigenvalue weighted by Gasteiger charge is 2.37. The topological polar surface area (TPSA) is 138 Å².